The number of nitrogens with one attached hydrogen (secondary N) is 1. The van der Waals surface area contributed by atoms with Crippen molar-refractivity contribution >= 4 is 35.1 Å². The zero-order valence-electron chi connectivity index (χ0n) is 9.35. The van der Waals surface area contributed by atoms with Crippen LogP contribution in [0, 0.1) is 0 Å². The van der Waals surface area contributed by atoms with Crippen LogP contribution in [0.4, 0.5) is 5.82 Å². The largest absolute Gasteiger partial charge is 0.378 e. The van der Waals surface area contributed by atoms with E-state index < -0.39 is 0 Å². The molecule has 1 fully saturated rings. The summed E-state index contributed by atoms with van der Waals surface area (Å²) in [5, 5.41) is 3.26. The van der Waals surface area contributed by atoms with Crippen molar-refractivity contribution in [2.75, 3.05) is 31.6 Å². The first-order valence-electron chi connectivity index (χ1n) is 5.29. The van der Waals surface area contributed by atoms with E-state index in [4.69, 9.17) is 16.3 Å². The van der Waals surface area contributed by atoms with Crippen LogP contribution in [-0.4, -0.2) is 51.9 Å². The van der Waals surface area contributed by atoms with Gasteiger partial charge in [0.25, 0.3) is 0 Å². The highest BCUT2D eigenvalue weighted by atomic mass is 35.5. The van der Waals surface area contributed by atoms with Gasteiger partial charge in [-0.3, -0.25) is 4.79 Å². The molecule has 0 saturated carbocycles. The van der Waals surface area contributed by atoms with E-state index in [1.165, 1.54) is 0 Å². The molecule has 2 rings (SSSR count). The topological polar surface area (TPSA) is 67.4 Å². The number of halogens is 1. The third-order valence-electron chi connectivity index (χ3n) is 2.49. The molecule has 2 heterocycles. The maximum Gasteiger partial charge on any atom is 0.244 e. The molecule has 0 bridgehead atoms. The van der Waals surface area contributed by atoms with Crippen LogP contribution >= 0.6 is 23.3 Å². The molecular formula is C9H13ClN4O2S. The monoisotopic (exact) mass is 276 g/mol. The molecule has 1 aromatic heterocycles. The lowest BCUT2D eigenvalue weighted by molar-refractivity contribution is -0.135. The Balaban J connectivity index is 1.93. The summed E-state index contributed by atoms with van der Waals surface area (Å²) in [6.45, 7) is 4.24. The van der Waals surface area contributed by atoms with Gasteiger partial charge in [-0.05, 0) is 6.92 Å². The first-order chi connectivity index (χ1) is 8.18. The lowest BCUT2D eigenvalue weighted by Gasteiger charge is -2.29. The van der Waals surface area contributed by atoms with E-state index in [1.54, 1.807) is 11.8 Å². The van der Waals surface area contributed by atoms with Crippen molar-refractivity contribution in [1.82, 2.24) is 13.6 Å². The minimum absolute atomic E-state index is 0.0253. The van der Waals surface area contributed by atoms with Crippen LogP contribution in [-0.2, 0) is 9.53 Å². The maximum atomic E-state index is 12.1. The van der Waals surface area contributed by atoms with Gasteiger partial charge >= 0.3 is 0 Å². The normalized spacial score (nSPS) is 17.9. The van der Waals surface area contributed by atoms with Crippen molar-refractivity contribution < 1.29 is 9.53 Å². The van der Waals surface area contributed by atoms with E-state index in [-0.39, 0.29) is 11.9 Å². The Kier molecular flexibility index (Phi) is 4.14. The van der Waals surface area contributed by atoms with Crippen molar-refractivity contribution in [2.24, 2.45) is 0 Å². The summed E-state index contributed by atoms with van der Waals surface area (Å²) < 4.78 is 13.0. The van der Waals surface area contributed by atoms with Gasteiger partial charge in [-0.2, -0.15) is 8.75 Å². The molecule has 1 unspecified atom stereocenters. The van der Waals surface area contributed by atoms with Gasteiger partial charge in [-0.15, -0.1) is 0 Å². The van der Waals surface area contributed by atoms with E-state index in [0.717, 1.165) is 11.7 Å². The quantitative estimate of drug-likeness (QED) is 0.887. The molecule has 1 aromatic rings. The minimum Gasteiger partial charge on any atom is -0.378 e. The number of ether oxygens (including phenoxy) is 1. The molecule has 1 atom stereocenters. The lowest BCUT2D eigenvalue weighted by Crippen LogP contribution is -2.47. The molecule has 1 N–H and O–H groups in total. The first kappa shape index (κ1) is 12.5. The molecule has 0 radical (unpaired) electrons. The van der Waals surface area contributed by atoms with Crippen molar-refractivity contribution in [3.05, 3.63) is 5.15 Å². The molecule has 6 nitrogen and oxygen atoms in total. The van der Waals surface area contributed by atoms with Crippen LogP contribution in [0.25, 0.3) is 0 Å². The van der Waals surface area contributed by atoms with E-state index in [9.17, 15) is 4.79 Å². The molecule has 1 aliphatic heterocycles. The van der Waals surface area contributed by atoms with E-state index in [0.29, 0.717) is 37.3 Å². The number of rotatable bonds is 3. The number of carbonyl (C=O) groups is 1. The third-order valence-corrected chi connectivity index (χ3v) is 3.39. The van der Waals surface area contributed by atoms with Crippen LogP contribution < -0.4 is 5.32 Å². The number of anilines is 1. The van der Waals surface area contributed by atoms with Crippen molar-refractivity contribution in [2.45, 2.75) is 13.0 Å². The summed E-state index contributed by atoms with van der Waals surface area (Å²) in [5.41, 5.74) is 0. The summed E-state index contributed by atoms with van der Waals surface area (Å²) in [7, 11) is 0. The molecule has 0 spiro atoms. The summed E-state index contributed by atoms with van der Waals surface area (Å²) >= 11 is 6.82. The molecule has 1 amide bonds. The van der Waals surface area contributed by atoms with E-state index >= 15 is 0 Å². The molecular weight excluding hydrogens is 264 g/mol. The summed E-state index contributed by atoms with van der Waals surface area (Å²) in [5.74, 6) is 0.489. The van der Waals surface area contributed by atoms with Gasteiger partial charge in [0.05, 0.1) is 24.9 Å². The zero-order valence-corrected chi connectivity index (χ0v) is 10.9. The fourth-order valence-corrected chi connectivity index (χ4v) is 2.25. The summed E-state index contributed by atoms with van der Waals surface area (Å²) in [4.78, 5) is 13.8. The van der Waals surface area contributed by atoms with Gasteiger partial charge in [0, 0.05) is 13.1 Å². The Labute approximate surface area is 108 Å². The predicted octanol–water partition coefficient (Wildman–Crippen LogP) is 0.851. The number of morpholine rings is 1. The van der Waals surface area contributed by atoms with Gasteiger partial charge < -0.3 is 15.0 Å². The summed E-state index contributed by atoms with van der Waals surface area (Å²) in [6, 6.07) is -0.366. The Morgan fingerprint density at radius 2 is 2.24 bits per heavy atom. The molecule has 8 heteroatoms. The van der Waals surface area contributed by atoms with Crippen LogP contribution in [0.5, 0.6) is 0 Å². The number of nitrogens with zero attached hydrogens (tertiary/aromatic N) is 3. The molecule has 94 valence electrons. The minimum atomic E-state index is -0.366. The maximum absolute atomic E-state index is 12.1. The second-order valence-corrected chi connectivity index (χ2v) is 4.59. The van der Waals surface area contributed by atoms with Crippen molar-refractivity contribution in [3.63, 3.8) is 0 Å². The Hall–Kier alpha value is -0.920. The third kappa shape index (κ3) is 3.05. The van der Waals surface area contributed by atoms with E-state index in [2.05, 4.69) is 14.1 Å². The number of amides is 1. The Bertz CT molecular complexity index is 394. The second kappa shape index (κ2) is 5.61. The molecule has 0 aromatic carbocycles. The van der Waals surface area contributed by atoms with Gasteiger partial charge in [-0.1, -0.05) is 11.6 Å². The number of carbonyl (C=O) groups excluding carboxylic acids is 1. The SMILES string of the molecule is CC(Nc1nsnc1Cl)C(=O)N1CCOCC1. The first-order valence-corrected chi connectivity index (χ1v) is 6.40. The highest BCUT2D eigenvalue weighted by Crippen LogP contribution is 2.19. The van der Waals surface area contributed by atoms with E-state index in [1.807, 2.05) is 0 Å². The van der Waals surface area contributed by atoms with Gasteiger partial charge in [0.2, 0.25) is 5.91 Å². The second-order valence-electron chi connectivity index (χ2n) is 3.71. The fourth-order valence-electron chi connectivity index (χ4n) is 1.59. The predicted molar refractivity (Wildman–Crippen MR) is 65.4 cm³/mol. The standard InChI is InChI=1S/C9H13ClN4O2S/c1-6(11-8-7(10)12-17-13-8)9(15)14-2-4-16-5-3-14/h6H,2-5H2,1H3,(H,11,13). The fraction of sp³-hybridized carbons (Fsp3) is 0.667. The summed E-state index contributed by atoms with van der Waals surface area (Å²) in [6.07, 6.45) is 0. The highest BCUT2D eigenvalue weighted by molar-refractivity contribution is 6.99. The number of hydrogen-bond donors (Lipinski definition) is 1. The van der Waals surface area contributed by atoms with Crippen LogP contribution in [0.15, 0.2) is 0 Å². The molecule has 1 saturated heterocycles. The van der Waals surface area contributed by atoms with Crippen molar-refractivity contribution in [3.8, 4) is 0 Å². The highest BCUT2D eigenvalue weighted by Gasteiger charge is 2.23. The Morgan fingerprint density at radius 3 is 2.82 bits per heavy atom. The lowest BCUT2D eigenvalue weighted by atomic mass is 10.2. The zero-order chi connectivity index (χ0) is 12.3. The van der Waals surface area contributed by atoms with Gasteiger partial charge in [0.15, 0.2) is 11.0 Å². The number of aromatic nitrogens is 2. The molecule has 0 aliphatic carbocycles. The van der Waals surface area contributed by atoms with Crippen LogP contribution in [0.1, 0.15) is 6.92 Å². The van der Waals surface area contributed by atoms with Gasteiger partial charge in [0.1, 0.15) is 6.04 Å². The average molecular weight is 277 g/mol. The van der Waals surface area contributed by atoms with Crippen LogP contribution in [0.3, 0.4) is 0 Å². The smallest absolute Gasteiger partial charge is 0.244 e. The molecule has 1 aliphatic rings. The van der Waals surface area contributed by atoms with Crippen LogP contribution in [0.2, 0.25) is 5.15 Å². The number of hydrogen-bond acceptors (Lipinski definition) is 6. The Morgan fingerprint density at radius 1 is 1.53 bits per heavy atom. The van der Waals surface area contributed by atoms with Gasteiger partial charge in [-0.25, -0.2) is 0 Å². The van der Waals surface area contributed by atoms with Crippen molar-refractivity contribution in [1.29, 1.82) is 0 Å². The average Bonchev–Trinajstić information content (AvgIpc) is 2.75. The molecule has 17 heavy (non-hydrogen) atoms.